The number of aromatic nitrogens is 1. The number of unbranched alkanes of at least 4 members (excludes halogenated alkanes) is 1. The van der Waals surface area contributed by atoms with Crippen molar-refractivity contribution in [1.29, 1.82) is 0 Å². The molecule has 0 aliphatic heterocycles. The fourth-order valence-electron chi connectivity index (χ4n) is 3.48. The Bertz CT molecular complexity index is 753. The number of hydrogen-bond acceptors (Lipinski definition) is 5. The van der Waals surface area contributed by atoms with Crippen molar-refractivity contribution >= 4 is 43.5 Å². The summed E-state index contributed by atoms with van der Waals surface area (Å²) in [4.78, 5) is 16.7. The molecule has 142 valence electrons. The number of nitrogens with zero attached hydrogens (tertiary/aromatic N) is 1. The topological polar surface area (TPSA) is 48.4 Å². The van der Waals surface area contributed by atoms with Gasteiger partial charge in [-0.2, -0.15) is 0 Å². The standard InChI is InChI=1S/C20H26BrNO3S/c1-3-4-9-25-12-13-5-7-14(8-6-13)19-22-17-10-15(20(23)24-2)16(21)11-18(17)26-19/h10-11,13-14H,3-9,12H2,1-2H3/t13-,14-. The highest BCUT2D eigenvalue weighted by Crippen LogP contribution is 2.40. The zero-order valence-electron chi connectivity index (χ0n) is 15.4. The molecule has 0 saturated heterocycles. The zero-order chi connectivity index (χ0) is 18.5. The van der Waals surface area contributed by atoms with E-state index < -0.39 is 0 Å². The SMILES string of the molecule is CCCCOC[C@H]1CC[C@H](c2nc3cc(C(=O)OC)c(Br)cc3s2)CC1. The Balaban J connectivity index is 1.63. The number of benzene rings is 1. The Morgan fingerprint density at radius 2 is 2.08 bits per heavy atom. The maximum Gasteiger partial charge on any atom is 0.339 e. The number of hydrogen-bond donors (Lipinski definition) is 0. The first-order valence-electron chi connectivity index (χ1n) is 9.38. The molecule has 2 aromatic rings. The van der Waals surface area contributed by atoms with Gasteiger partial charge in [-0.05, 0) is 66.1 Å². The molecule has 1 aromatic carbocycles. The summed E-state index contributed by atoms with van der Waals surface area (Å²) in [6.45, 7) is 3.99. The number of halogens is 1. The van der Waals surface area contributed by atoms with Gasteiger partial charge in [0.15, 0.2) is 0 Å². The fraction of sp³-hybridized carbons (Fsp3) is 0.600. The number of esters is 1. The highest BCUT2D eigenvalue weighted by molar-refractivity contribution is 9.10. The van der Waals surface area contributed by atoms with E-state index in [9.17, 15) is 4.79 Å². The van der Waals surface area contributed by atoms with Crippen LogP contribution >= 0.6 is 27.3 Å². The van der Waals surface area contributed by atoms with E-state index in [1.165, 1.54) is 44.2 Å². The van der Waals surface area contributed by atoms with E-state index in [0.29, 0.717) is 17.4 Å². The second-order valence-electron chi connectivity index (χ2n) is 6.99. The van der Waals surface area contributed by atoms with Gasteiger partial charge in [0.1, 0.15) is 0 Å². The van der Waals surface area contributed by atoms with Crippen molar-refractivity contribution in [2.45, 2.75) is 51.4 Å². The molecule has 0 spiro atoms. The first kappa shape index (κ1) is 19.8. The van der Waals surface area contributed by atoms with E-state index in [4.69, 9.17) is 14.5 Å². The van der Waals surface area contributed by atoms with E-state index in [-0.39, 0.29) is 5.97 Å². The van der Waals surface area contributed by atoms with Gasteiger partial charge in [0.05, 0.1) is 27.9 Å². The molecule has 4 nitrogen and oxygen atoms in total. The zero-order valence-corrected chi connectivity index (χ0v) is 17.8. The number of ether oxygens (including phenoxy) is 2. The second-order valence-corrected chi connectivity index (χ2v) is 8.91. The minimum atomic E-state index is -0.336. The van der Waals surface area contributed by atoms with Gasteiger partial charge in [-0.3, -0.25) is 0 Å². The van der Waals surface area contributed by atoms with Crippen molar-refractivity contribution in [3.8, 4) is 0 Å². The summed E-state index contributed by atoms with van der Waals surface area (Å²) in [5.41, 5.74) is 1.42. The second kappa shape index (κ2) is 9.29. The summed E-state index contributed by atoms with van der Waals surface area (Å²) in [7, 11) is 1.40. The third-order valence-corrected chi connectivity index (χ3v) is 6.93. The van der Waals surface area contributed by atoms with Crippen LogP contribution < -0.4 is 0 Å². The molecule has 0 unspecified atom stereocenters. The maximum absolute atomic E-state index is 11.9. The molecule has 26 heavy (non-hydrogen) atoms. The molecule has 1 fully saturated rings. The van der Waals surface area contributed by atoms with Crippen molar-refractivity contribution in [2.24, 2.45) is 5.92 Å². The van der Waals surface area contributed by atoms with Crippen LogP contribution in [-0.2, 0) is 9.47 Å². The van der Waals surface area contributed by atoms with Crippen LogP contribution in [0.5, 0.6) is 0 Å². The van der Waals surface area contributed by atoms with Crippen LogP contribution in [0.25, 0.3) is 10.2 Å². The Kier molecular flexibility index (Phi) is 7.06. The molecule has 0 N–H and O–H groups in total. The van der Waals surface area contributed by atoms with Gasteiger partial charge < -0.3 is 9.47 Å². The predicted molar refractivity (Wildman–Crippen MR) is 109 cm³/mol. The molecule has 0 bridgehead atoms. The van der Waals surface area contributed by atoms with E-state index in [2.05, 4.69) is 22.9 Å². The largest absolute Gasteiger partial charge is 0.465 e. The lowest BCUT2D eigenvalue weighted by Gasteiger charge is -2.27. The first-order valence-corrected chi connectivity index (χ1v) is 11.0. The molecule has 1 aromatic heterocycles. The Morgan fingerprint density at radius 1 is 1.31 bits per heavy atom. The lowest BCUT2D eigenvalue weighted by atomic mass is 9.83. The van der Waals surface area contributed by atoms with Crippen molar-refractivity contribution in [1.82, 2.24) is 4.98 Å². The average Bonchev–Trinajstić information content (AvgIpc) is 3.07. The van der Waals surface area contributed by atoms with E-state index in [0.717, 1.165) is 34.3 Å². The number of fused-ring (bicyclic) bond motifs is 1. The number of methoxy groups -OCH3 is 1. The van der Waals surface area contributed by atoms with Gasteiger partial charge in [-0.1, -0.05) is 13.3 Å². The highest BCUT2D eigenvalue weighted by atomic mass is 79.9. The lowest BCUT2D eigenvalue weighted by Crippen LogP contribution is -2.18. The van der Waals surface area contributed by atoms with Crippen molar-refractivity contribution in [2.75, 3.05) is 20.3 Å². The quantitative estimate of drug-likeness (QED) is 0.395. The summed E-state index contributed by atoms with van der Waals surface area (Å²) < 4.78 is 12.5. The van der Waals surface area contributed by atoms with Gasteiger partial charge in [0, 0.05) is 23.6 Å². The molecule has 0 radical (unpaired) electrons. The van der Waals surface area contributed by atoms with Gasteiger partial charge in [-0.25, -0.2) is 9.78 Å². The van der Waals surface area contributed by atoms with E-state index in [1.807, 2.05) is 12.1 Å². The molecule has 1 aliphatic carbocycles. The van der Waals surface area contributed by atoms with Crippen molar-refractivity contribution in [3.63, 3.8) is 0 Å². The minimum absolute atomic E-state index is 0.336. The van der Waals surface area contributed by atoms with Crippen LogP contribution in [0.3, 0.4) is 0 Å². The minimum Gasteiger partial charge on any atom is -0.465 e. The molecule has 1 heterocycles. The van der Waals surface area contributed by atoms with Crippen molar-refractivity contribution in [3.05, 3.63) is 27.2 Å². The number of carbonyl (C=O) groups excluding carboxylic acids is 1. The summed E-state index contributed by atoms with van der Waals surface area (Å²) in [6, 6.07) is 3.81. The summed E-state index contributed by atoms with van der Waals surface area (Å²) >= 11 is 5.22. The van der Waals surface area contributed by atoms with Gasteiger partial charge in [0.25, 0.3) is 0 Å². The molecular formula is C20H26BrNO3S. The summed E-state index contributed by atoms with van der Waals surface area (Å²) in [6.07, 6.45) is 7.12. The fourth-order valence-corrected chi connectivity index (χ4v) is 5.29. The Labute approximate surface area is 167 Å². The van der Waals surface area contributed by atoms with Crippen molar-refractivity contribution < 1.29 is 14.3 Å². The molecule has 3 rings (SSSR count). The van der Waals surface area contributed by atoms with Crippen LogP contribution in [0.15, 0.2) is 16.6 Å². The average molecular weight is 440 g/mol. The molecular weight excluding hydrogens is 414 g/mol. The third kappa shape index (κ3) is 4.65. The van der Waals surface area contributed by atoms with Crippen LogP contribution in [0.2, 0.25) is 0 Å². The van der Waals surface area contributed by atoms with Gasteiger partial charge >= 0.3 is 5.97 Å². The van der Waals surface area contributed by atoms with Gasteiger partial charge in [-0.15, -0.1) is 11.3 Å². The summed E-state index contributed by atoms with van der Waals surface area (Å²) in [5, 5.41) is 1.19. The van der Waals surface area contributed by atoms with Gasteiger partial charge in [0.2, 0.25) is 0 Å². The summed E-state index contributed by atoms with van der Waals surface area (Å²) in [5.74, 6) is 0.883. The van der Waals surface area contributed by atoms with Crippen LogP contribution in [-0.4, -0.2) is 31.3 Å². The lowest BCUT2D eigenvalue weighted by molar-refractivity contribution is 0.0600. The number of carbonyl (C=O) groups is 1. The molecule has 1 saturated carbocycles. The van der Waals surface area contributed by atoms with Crippen LogP contribution in [0.4, 0.5) is 0 Å². The molecule has 0 amide bonds. The maximum atomic E-state index is 11.9. The first-order chi connectivity index (χ1) is 12.6. The molecule has 0 atom stereocenters. The highest BCUT2D eigenvalue weighted by Gasteiger charge is 2.25. The normalized spacial score (nSPS) is 20.4. The Hall–Kier alpha value is -0.980. The monoisotopic (exact) mass is 439 g/mol. The van der Waals surface area contributed by atoms with E-state index >= 15 is 0 Å². The smallest absolute Gasteiger partial charge is 0.339 e. The molecule has 6 heteroatoms. The Morgan fingerprint density at radius 3 is 2.77 bits per heavy atom. The predicted octanol–water partition coefficient (Wildman–Crippen LogP) is 5.94. The van der Waals surface area contributed by atoms with Crippen LogP contribution in [0, 0.1) is 5.92 Å². The third-order valence-electron chi connectivity index (χ3n) is 5.09. The number of thiazole rings is 1. The molecule has 1 aliphatic rings. The van der Waals surface area contributed by atoms with E-state index in [1.54, 1.807) is 11.3 Å². The van der Waals surface area contributed by atoms with Crippen LogP contribution in [0.1, 0.15) is 66.7 Å². The number of rotatable bonds is 7.